The molecule has 8 nitrogen and oxygen atoms in total. The first-order chi connectivity index (χ1) is 17.1. The van der Waals surface area contributed by atoms with Crippen LogP contribution in [-0.4, -0.2) is 62.3 Å². The van der Waals surface area contributed by atoms with Crippen molar-refractivity contribution < 1.29 is 32.2 Å². The number of rotatable bonds is 12. The zero-order valence-corrected chi connectivity index (χ0v) is 21.5. The highest BCUT2D eigenvalue weighted by atomic mass is 32.2. The minimum Gasteiger partial charge on any atom is -0.460 e. The van der Waals surface area contributed by atoms with Crippen LogP contribution in [0.1, 0.15) is 32.3 Å². The lowest BCUT2D eigenvalue weighted by Crippen LogP contribution is -2.43. The quantitative estimate of drug-likeness (QED) is 0.325. The molecule has 36 heavy (non-hydrogen) atoms. The molecule has 3 rings (SSSR count). The maximum atomic E-state index is 13.7. The highest BCUT2D eigenvalue weighted by molar-refractivity contribution is 7.89. The molecule has 3 N–H and O–H groups in total. The number of aliphatic hydroxyl groups excluding tert-OH is 1. The van der Waals surface area contributed by atoms with Gasteiger partial charge in [-0.3, -0.25) is 4.79 Å². The van der Waals surface area contributed by atoms with Crippen LogP contribution in [0.25, 0.3) is 0 Å². The molecule has 0 saturated carbocycles. The van der Waals surface area contributed by atoms with Crippen molar-refractivity contribution in [2.24, 2.45) is 11.8 Å². The third-order valence-corrected chi connectivity index (χ3v) is 7.89. The van der Waals surface area contributed by atoms with Crippen LogP contribution in [0.2, 0.25) is 0 Å². The molecule has 1 unspecified atom stereocenters. The molecule has 1 heterocycles. The van der Waals surface area contributed by atoms with Crippen LogP contribution in [0.5, 0.6) is 0 Å². The molecule has 2 aromatic rings. The zero-order valence-electron chi connectivity index (χ0n) is 20.7. The molecule has 1 fully saturated rings. The highest BCUT2D eigenvalue weighted by Gasteiger charge is 2.33. The van der Waals surface area contributed by atoms with Gasteiger partial charge in [0.1, 0.15) is 11.9 Å². The van der Waals surface area contributed by atoms with Crippen molar-refractivity contribution in [2.75, 3.05) is 32.0 Å². The smallest absolute Gasteiger partial charge is 0.306 e. The van der Waals surface area contributed by atoms with Gasteiger partial charge in [-0.15, -0.1) is 0 Å². The lowest BCUT2D eigenvalue weighted by molar-refractivity contribution is -0.151. The molecule has 1 saturated heterocycles. The van der Waals surface area contributed by atoms with Gasteiger partial charge in [0.05, 0.1) is 36.3 Å². The van der Waals surface area contributed by atoms with E-state index in [2.05, 4.69) is 0 Å². The Bertz CT molecular complexity index is 1110. The van der Waals surface area contributed by atoms with Crippen LogP contribution in [0, 0.1) is 17.7 Å². The van der Waals surface area contributed by atoms with Gasteiger partial charge in [0.25, 0.3) is 0 Å². The van der Waals surface area contributed by atoms with E-state index in [1.807, 2.05) is 44.2 Å². The molecule has 1 aliphatic rings. The number of halogens is 1. The van der Waals surface area contributed by atoms with E-state index in [1.165, 1.54) is 4.31 Å². The van der Waals surface area contributed by atoms with Gasteiger partial charge in [-0.25, -0.2) is 12.8 Å². The first-order valence-corrected chi connectivity index (χ1v) is 13.5. The number of sulfonamides is 1. The van der Waals surface area contributed by atoms with E-state index in [0.29, 0.717) is 26.1 Å². The minimum atomic E-state index is -4.09. The number of carbonyl (C=O) groups is 1. The second kappa shape index (κ2) is 12.6. The Labute approximate surface area is 212 Å². The fraction of sp³-hybridized carbons (Fsp3) is 0.500. The van der Waals surface area contributed by atoms with Gasteiger partial charge in [0.2, 0.25) is 10.0 Å². The molecule has 1 aliphatic heterocycles. The molecule has 3 atom stereocenters. The Kier molecular flexibility index (Phi) is 9.84. The fourth-order valence-corrected chi connectivity index (χ4v) is 5.84. The molecule has 0 bridgehead atoms. The second-order valence-electron chi connectivity index (χ2n) is 9.60. The molecule has 2 aromatic carbocycles. The SMILES string of the molecule is CC(C)CN(C[C@@H](O)[C@@H](CC(=O)OC1CCOC1)Cc1ccccc1)S(=O)(=O)c1ccc(F)c(N)c1. The Balaban J connectivity index is 1.82. The summed E-state index contributed by atoms with van der Waals surface area (Å²) in [6.07, 6.45) is -0.570. The Morgan fingerprint density at radius 2 is 1.94 bits per heavy atom. The minimum absolute atomic E-state index is 0.0512. The van der Waals surface area contributed by atoms with Crippen molar-refractivity contribution in [3.8, 4) is 0 Å². The topological polar surface area (TPSA) is 119 Å². The predicted molar refractivity (Wildman–Crippen MR) is 134 cm³/mol. The summed E-state index contributed by atoms with van der Waals surface area (Å²) in [4.78, 5) is 12.5. The number of benzene rings is 2. The molecule has 0 radical (unpaired) electrons. The fourth-order valence-electron chi connectivity index (χ4n) is 4.18. The van der Waals surface area contributed by atoms with Crippen LogP contribution < -0.4 is 5.73 Å². The normalized spacial score (nSPS) is 17.9. The van der Waals surface area contributed by atoms with Gasteiger partial charge in [-0.2, -0.15) is 4.31 Å². The maximum absolute atomic E-state index is 13.7. The van der Waals surface area contributed by atoms with Gasteiger partial charge in [-0.05, 0) is 36.1 Å². The first kappa shape index (κ1) is 28.0. The Morgan fingerprint density at radius 1 is 1.22 bits per heavy atom. The summed E-state index contributed by atoms with van der Waals surface area (Å²) < 4.78 is 52.5. The van der Waals surface area contributed by atoms with Gasteiger partial charge >= 0.3 is 5.97 Å². The number of hydrogen-bond donors (Lipinski definition) is 2. The largest absolute Gasteiger partial charge is 0.460 e. The molecule has 0 aliphatic carbocycles. The molecule has 0 spiro atoms. The molecular formula is C26H35FN2O6S. The Hall–Kier alpha value is -2.53. The number of carbonyl (C=O) groups excluding carboxylic acids is 1. The molecule has 198 valence electrons. The molecule has 0 aromatic heterocycles. The maximum Gasteiger partial charge on any atom is 0.306 e. The summed E-state index contributed by atoms with van der Waals surface area (Å²) in [6.45, 7) is 4.48. The van der Waals surface area contributed by atoms with E-state index in [9.17, 15) is 22.7 Å². The third-order valence-electron chi connectivity index (χ3n) is 6.06. The zero-order chi connectivity index (χ0) is 26.3. The Morgan fingerprint density at radius 3 is 2.56 bits per heavy atom. The van der Waals surface area contributed by atoms with Crippen molar-refractivity contribution >= 4 is 21.7 Å². The second-order valence-corrected chi connectivity index (χ2v) is 11.5. The first-order valence-electron chi connectivity index (χ1n) is 12.1. The van der Waals surface area contributed by atoms with Crippen LogP contribution in [0.3, 0.4) is 0 Å². The van der Waals surface area contributed by atoms with Crippen LogP contribution >= 0.6 is 0 Å². The van der Waals surface area contributed by atoms with E-state index in [-0.39, 0.29) is 42.1 Å². The number of hydrogen-bond acceptors (Lipinski definition) is 7. The standard InChI is InChI=1S/C26H35FN2O6S/c1-18(2)15-29(36(32,33)22-8-9-23(27)24(28)14-22)16-25(30)20(12-19-6-4-3-5-7-19)13-26(31)35-21-10-11-34-17-21/h3-9,14,18,20-21,25,30H,10-13,15-17,28H2,1-2H3/t20-,21?,25-/m1/s1. The summed E-state index contributed by atoms with van der Waals surface area (Å²) >= 11 is 0. The highest BCUT2D eigenvalue weighted by Crippen LogP contribution is 2.25. The molecule has 10 heteroatoms. The van der Waals surface area contributed by atoms with Crippen LogP contribution in [0.15, 0.2) is 53.4 Å². The summed E-state index contributed by atoms with van der Waals surface area (Å²) in [5.74, 6) is -1.82. The van der Waals surface area contributed by atoms with Gasteiger partial charge in [-0.1, -0.05) is 44.2 Å². The third kappa shape index (κ3) is 7.73. The number of ether oxygens (including phenoxy) is 2. The van der Waals surface area contributed by atoms with Crippen molar-refractivity contribution in [1.29, 1.82) is 0 Å². The van der Waals surface area contributed by atoms with Gasteiger partial charge in [0, 0.05) is 25.4 Å². The summed E-state index contributed by atoms with van der Waals surface area (Å²) in [6, 6.07) is 12.6. The molecule has 0 amide bonds. The van der Waals surface area contributed by atoms with Crippen molar-refractivity contribution in [3.63, 3.8) is 0 Å². The average molecular weight is 523 g/mol. The van der Waals surface area contributed by atoms with E-state index >= 15 is 0 Å². The van der Waals surface area contributed by atoms with Crippen molar-refractivity contribution in [3.05, 3.63) is 59.9 Å². The summed E-state index contributed by atoms with van der Waals surface area (Å²) in [5, 5.41) is 11.2. The van der Waals surface area contributed by atoms with Crippen molar-refractivity contribution in [1.82, 2.24) is 4.31 Å². The lowest BCUT2D eigenvalue weighted by Gasteiger charge is -2.30. The van der Waals surface area contributed by atoms with Gasteiger partial charge < -0.3 is 20.3 Å². The van der Waals surface area contributed by atoms with Crippen molar-refractivity contribution in [2.45, 2.75) is 50.2 Å². The average Bonchev–Trinajstić information content (AvgIpc) is 3.33. The van der Waals surface area contributed by atoms with Crippen LogP contribution in [-0.2, 0) is 30.7 Å². The summed E-state index contributed by atoms with van der Waals surface area (Å²) in [7, 11) is -4.09. The number of nitrogen functional groups attached to an aromatic ring is 1. The van der Waals surface area contributed by atoms with Gasteiger partial charge in [0.15, 0.2) is 0 Å². The van der Waals surface area contributed by atoms with Crippen LogP contribution in [0.4, 0.5) is 10.1 Å². The number of anilines is 1. The predicted octanol–water partition coefficient (Wildman–Crippen LogP) is 3.00. The number of esters is 1. The summed E-state index contributed by atoms with van der Waals surface area (Å²) in [5.41, 5.74) is 6.24. The monoisotopic (exact) mass is 522 g/mol. The number of nitrogens with zero attached hydrogens (tertiary/aromatic N) is 1. The van der Waals surface area contributed by atoms with E-state index in [1.54, 1.807) is 0 Å². The number of nitrogens with two attached hydrogens (primary N) is 1. The number of aliphatic hydroxyl groups is 1. The van der Waals surface area contributed by atoms with E-state index in [4.69, 9.17) is 15.2 Å². The van der Waals surface area contributed by atoms with E-state index < -0.39 is 33.8 Å². The lowest BCUT2D eigenvalue weighted by atomic mass is 9.90. The molecular weight excluding hydrogens is 487 g/mol. The van der Waals surface area contributed by atoms with E-state index in [0.717, 1.165) is 23.8 Å².